The van der Waals surface area contributed by atoms with Gasteiger partial charge in [-0.2, -0.15) is 5.10 Å². The Labute approximate surface area is 120 Å². The Kier molecular flexibility index (Phi) is 5.82. The van der Waals surface area contributed by atoms with Crippen molar-refractivity contribution < 1.29 is 4.79 Å². The van der Waals surface area contributed by atoms with Crippen LogP contribution in [0.2, 0.25) is 0 Å². The number of carbonyl (C=O) groups excluding carboxylic acids is 1. The largest absolute Gasteiger partial charge is 0.344 e. The van der Waals surface area contributed by atoms with Crippen LogP contribution in [0.5, 0.6) is 0 Å². The topological polar surface area (TPSA) is 50.2 Å². The van der Waals surface area contributed by atoms with Crippen molar-refractivity contribution in [3.05, 3.63) is 18.5 Å². The van der Waals surface area contributed by atoms with Gasteiger partial charge in [0, 0.05) is 26.0 Å². The second-order valence-corrected chi connectivity index (χ2v) is 4.96. The lowest BCUT2D eigenvalue weighted by atomic mass is 9.87. The SMILES string of the molecule is CCCN(C)C(=O)C1(n2cccn2)CCNCC1.Cl. The van der Waals surface area contributed by atoms with Gasteiger partial charge in [-0.25, -0.2) is 0 Å². The molecule has 0 radical (unpaired) electrons. The second-order valence-electron chi connectivity index (χ2n) is 4.96. The van der Waals surface area contributed by atoms with E-state index in [4.69, 9.17) is 0 Å². The molecule has 6 heteroatoms. The van der Waals surface area contributed by atoms with Crippen molar-refractivity contribution in [2.45, 2.75) is 31.7 Å². The van der Waals surface area contributed by atoms with Crippen LogP contribution in [0.25, 0.3) is 0 Å². The van der Waals surface area contributed by atoms with Gasteiger partial charge in [0.2, 0.25) is 5.91 Å². The van der Waals surface area contributed by atoms with Crippen molar-refractivity contribution in [1.29, 1.82) is 0 Å². The van der Waals surface area contributed by atoms with Crippen LogP contribution in [0.15, 0.2) is 18.5 Å². The van der Waals surface area contributed by atoms with Crippen LogP contribution in [-0.4, -0.2) is 47.3 Å². The number of amides is 1. The highest BCUT2D eigenvalue weighted by molar-refractivity contribution is 5.85. The van der Waals surface area contributed by atoms with E-state index >= 15 is 0 Å². The number of rotatable bonds is 4. The van der Waals surface area contributed by atoms with Crippen molar-refractivity contribution in [2.75, 3.05) is 26.7 Å². The molecule has 1 fully saturated rings. The van der Waals surface area contributed by atoms with E-state index in [0.29, 0.717) is 0 Å². The Morgan fingerprint density at radius 2 is 2.16 bits per heavy atom. The predicted octanol–water partition coefficient (Wildman–Crippen LogP) is 1.25. The van der Waals surface area contributed by atoms with Crippen LogP contribution in [-0.2, 0) is 10.3 Å². The first-order valence-corrected chi connectivity index (χ1v) is 6.67. The van der Waals surface area contributed by atoms with E-state index in [9.17, 15) is 4.79 Å². The summed E-state index contributed by atoms with van der Waals surface area (Å²) in [5, 5.41) is 7.63. The number of carbonyl (C=O) groups is 1. The number of aromatic nitrogens is 2. The summed E-state index contributed by atoms with van der Waals surface area (Å²) in [6.07, 6.45) is 6.25. The van der Waals surface area contributed by atoms with Crippen molar-refractivity contribution in [3.8, 4) is 0 Å². The molecule has 0 aliphatic carbocycles. The molecule has 0 spiro atoms. The van der Waals surface area contributed by atoms with E-state index in [1.807, 2.05) is 28.9 Å². The molecule has 0 atom stereocenters. The summed E-state index contributed by atoms with van der Waals surface area (Å²) < 4.78 is 1.85. The summed E-state index contributed by atoms with van der Waals surface area (Å²) in [5.41, 5.74) is -0.487. The Morgan fingerprint density at radius 3 is 2.68 bits per heavy atom. The minimum absolute atomic E-state index is 0. The zero-order valence-electron chi connectivity index (χ0n) is 11.6. The molecule has 1 aromatic heterocycles. The van der Waals surface area contributed by atoms with Gasteiger partial charge in [-0.05, 0) is 38.4 Å². The normalized spacial score (nSPS) is 17.6. The third-order valence-electron chi connectivity index (χ3n) is 3.68. The number of hydrogen-bond donors (Lipinski definition) is 1. The average Bonchev–Trinajstić information content (AvgIpc) is 2.93. The lowest BCUT2D eigenvalue weighted by Gasteiger charge is -2.39. The number of nitrogens with zero attached hydrogens (tertiary/aromatic N) is 3. The van der Waals surface area contributed by atoms with Crippen LogP contribution in [0.1, 0.15) is 26.2 Å². The van der Waals surface area contributed by atoms with Gasteiger partial charge in [0.1, 0.15) is 5.54 Å². The minimum atomic E-state index is -0.487. The highest BCUT2D eigenvalue weighted by atomic mass is 35.5. The van der Waals surface area contributed by atoms with Gasteiger partial charge >= 0.3 is 0 Å². The van der Waals surface area contributed by atoms with Crippen molar-refractivity contribution in [2.24, 2.45) is 0 Å². The van der Waals surface area contributed by atoms with Crippen LogP contribution in [0.4, 0.5) is 0 Å². The van der Waals surface area contributed by atoms with E-state index in [0.717, 1.165) is 38.9 Å². The molecule has 1 N–H and O–H groups in total. The van der Waals surface area contributed by atoms with Gasteiger partial charge in [-0.3, -0.25) is 9.48 Å². The van der Waals surface area contributed by atoms with E-state index in [2.05, 4.69) is 17.3 Å². The van der Waals surface area contributed by atoms with Crippen LogP contribution >= 0.6 is 12.4 Å². The lowest BCUT2D eigenvalue weighted by Crippen LogP contribution is -2.55. The minimum Gasteiger partial charge on any atom is -0.344 e. The molecule has 108 valence electrons. The van der Waals surface area contributed by atoms with Crippen LogP contribution in [0.3, 0.4) is 0 Å². The molecule has 0 unspecified atom stereocenters. The molecule has 1 aliphatic rings. The molecule has 2 rings (SSSR count). The van der Waals surface area contributed by atoms with Gasteiger partial charge in [0.15, 0.2) is 0 Å². The quantitative estimate of drug-likeness (QED) is 0.906. The summed E-state index contributed by atoms with van der Waals surface area (Å²) in [6.45, 7) is 4.62. The number of hydrogen-bond acceptors (Lipinski definition) is 3. The molecule has 0 saturated carbocycles. The monoisotopic (exact) mass is 286 g/mol. The predicted molar refractivity (Wildman–Crippen MR) is 77.5 cm³/mol. The summed E-state index contributed by atoms with van der Waals surface area (Å²) in [6, 6.07) is 1.89. The number of nitrogens with one attached hydrogen (secondary N) is 1. The summed E-state index contributed by atoms with van der Waals surface area (Å²) in [7, 11) is 1.89. The fourth-order valence-electron chi connectivity index (χ4n) is 2.70. The molecule has 1 amide bonds. The molecule has 5 nitrogen and oxygen atoms in total. The molecule has 2 heterocycles. The van der Waals surface area contributed by atoms with E-state index in [-0.39, 0.29) is 18.3 Å². The van der Waals surface area contributed by atoms with E-state index < -0.39 is 5.54 Å². The summed E-state index contributed by atoms with van der Waals surface area (Å²) >= 11 is 0. The first kappa shape index (κ1) is 16.0. The lowest BCUT2D eigenvalue weighted by molar-refractivity contribution is -0.141. The van der Waals surface area contributed by atoms with Gasteiger partial charge in [0.25, 0.3) is 0 Å². The molecular weight excluding hydrogens is 264 g/mol. The first-order chi connectivity index (χ1) is 8.70. The Morgan fingerprint density at radius 1 is 1.47 bits per heavy atom. The molecule has 1 aliphatic heterocycles. The van der Waals surface area contributed by atoms with Crippen molar-refractivity contribution in [1.82, 2.24) is 20.0 Å². The Bertz CT molecular complexity index is 387. The van der Waals surface area contributed by atoms with E-state index in [1.54, 1.807) is 6.20 Å². The Balaban J connectivity index is 0.00000180. The molecule has 1 aromatic rings. The summed E-state index contributed by atoms with van der Waals surface area (Å²) in [5.74, 6) is 0.189. The van der Waals surface area contributed by atoms with Crippen molar-refractivity contribution in [3.63, 3.8) is 0 Å². The third-order valence-corrected chi connectivity index (χ3v) is 3.68. The fraction of sp³-hybridized carbons (Fsp3) is 0.692. The zero-order valence-corrected chi connectivity index (χ0v) is 12.4. The second kappa shape index (κ2) is 6.91. The smallest absolute Gasteiger partial charge is 0.250 e. The van der Waals surface area contributed by atoms with Gasteiger partial charge in [0.05, 0.1) is 0 Å². The Hall–Kier alpha value is -1.07. The van der Waals surface area contributed by atoms with Gasteiger partial charge in [-0.15, -0.1) is 12.4 Å². The first-order valence-electron chi connectivity index (χ1n) is 6.67. The van der Waals surface area contributed by atoms with Gasteiger partial charge in [-0.1, -0.05) is 6.92 Å². The standard InChI is InChI=1S/C13H22N4O.ClH/c1-3-10-16(2)12(18)13(5-8-14-9-6-13)17-11-4-7-15-17;/h4,7,11,14H,3,5-6,8-10H2,1-2H3;1H. The molecule has 1 saturated heterocycles. The average molecular weight is 287 g/mol. The maximum Gasteiger partial charge on any atom is 0.250 e. The zero-order chi connectivity index (χ0) is 13.0. The maximum atomic E-state index is 12.7. The number of likely N-dealkylation sites (N-methyl/N-ethyl adjacent to an activating group) is 1. The fourth-order valence-corrected chi connectivity index (χ4v) is 2.70. The highest BCUT2D eigenvalue weighted by Gasteiger charge is 2.43. The molecule has 19 heavy (non-hydrogen) atoms. The van der Waals surface area contributed by atoms with Crippen molar-refractivity contribution >= 4 is 18.3 Å². The number of piperidine rings is 1. The van der Waals surface area contributed by atoms with Gasteiger partial charge < -0.3 is 10.2 Å². The summed E-state index contributed by atoms with van der Waals surface area (Å²) in [4.78, 5) is 14.6. The molecule has 0 aromatic carbocycles. The highest BCUT2D eigenvalue weighted by Crippen LogP contribution is 2.29. The third kappa shape index (κ3) is 3.09. The van der Waals surface area contributed by atoms with E-state index in [1.165, 1.54) is 0 Å². The van der Waals surface area contributed by atoms with Crippen LogP contribution < -0.4 is 5.32 Å². The number of halogens is 1. The molecular formula is C13H23ClN4O. The van der Waals surface area contributed by atoms with Crippen LogP contribution in [0, 0.1) is 0 Å². The molecule has 0 bridgehead atoms. The maximum absolute atomic E-state index is 12.7.